The van der Waals surface area contributed by atoms with Gasteiger partial charge in [-0.25, -0.2) is 0 Å². The predicted molar refractivity (Wildman–Crippen MR) is 74.9 cm³/mol. The topological polar surface area (TPSA) is 97.8 Å². The van der Waals surface area contributed by atoms with Crippen LogP contribution in [0.25, 0.3) is 22.8 Å². The van der Waals surface area contributed by atoms with Crippen molar-refractivity contribution in [3.8, 4) is 22.8 Å². The molecule has 0 saturated carbocycles. The highest BCUT2D eigenvalue weighted by Gasteiger charge is 2.13. The fraction of sp³-hybridized carbons (Fsp3) is 0.0714. The lowest BCUT2D eigenvalue weighted by atomic mass is 10.2. The Labute approximate surface area is 114 Å². The van der Waals surface area contributed by atoms with E-state index in [4.69, 9.17) is 10.3 Å². The van der Waals surface area contributed by atoms with Gasteiger partial charge in [0.1, 0.15) is 5.56 Å². The van der Waals surface area contributed by atoms with E-state index in [9.17, 15) is 4.79 Å². The molecule has 0 aliphatic rings. The molecule has 6 nitrogen and oxygen atoms in total. The fourth-order valence-corrected chi connectivity index (χ4v) is 1.82. The average Bonchev–Trinajstić information content (AvgIpc) is 2.89. The number of aromatic nitrogens is 3. The van der Waals surface area contributed by atoms with Crippen molar-refractivity contribution in [2.24, 2.45) is 0 Å². The summed E-state index contributed by atoms with van der Waals surface area (Å²) in [6.45, 7) is 1.80. The van der Waals surface area contributed by atoms with E-state index in [2.05, 4.69) is 15.1 Å². The second kappa shape index (κ2) is 4.65. The zero-order valence-corrected chi connectivity index (χ0v) is 10.8. The number of hydrogen-bond donors (Lipinski definition) is 2. The van der Waals surface area contributed by atoms with Crippen molar-refractivity contribution in [2.75, 3.05) is 5.73 Å². The highest BCUT2D eigenvalue weighted by molar-refractivity contribution is 5.61. The molecule has 0 fully saturated rings. The highest BCUT2D eigenvalue weighted by atomic mass is 16.5. The molecule has 0 saturated heterocycles. The third kappa shape index (κ3) is 2.18. The van der Waals surface area contributed by atoms with Gasteiger partial charge >= 0.3 is 0 Å². The Balaban J connectivity index is 2.02. The number of nitrogen functional groups attached to an aromatic ring is 1. The Morgan fingerprint density at radius 1 is 1.25 bits per heavy atom. The lowest BCUT2D eigenvalue weighted by Gasteiger charge is -1.95. The molecule has 100 valence electrons. The molecular weight excluding hydrogens is 256 g/mol. The number of rotatable bonds is 2. The van der Waals surface area contributed by atoms with E-state index in [1.807, 2.05) is 0 Å². The number of H-pyrrole nitrogens is 1. The number of nitrogens with one attached hydrogen (secondary N) is 1. The quantitative estimate of drug-likeness (QED) is 0.692. The van der Waals surface area contributed by atoms with Crippen LogP contribution in [0.1, 0.15) is 5.69 Å². The third-order valence-electron chi connectivity index (χ3n) is 2.88. The van der Waals surface area contributed by atoms with Gasteiger partial charge in [-0.1, -0.05) is 5.16 Å². The molecule has 3 N–H and O–H groups in total. The molecule has 0 amide bonds. The number of hydrogen-bond acceptors (Lipinski definition) is 5. The normalized spacial score (nSPS) is 10.7. The molecule has 2 heterocycles. The summed E-state index contributed by atoms with van der Waals surface area (Å²) >= 11 is 0. The van der Waals surface area contributed by atoms with Crippen LogP contribution in [-0.4, -0.2) is 15.1 Å². The molecule has 0 aliphatic heterocycles. The van der Waals surface area contributed by atoms with Gasteiger partial charge in [-0.3, -0.25) is 4.79 Å². The molecule has 0 atom stereocenters. The summed E-state index contributed by atoms with van der Waals surface area (Å²) in [5, 5.41) is 3.88. The minimum Gasteiger partial charge on any atom is -0.399 e. The standard InChI is InChI=1S/C14H12N4O2/c1-8-6-12(19)11(7-16-8)14-17-13(18-20-14)9-2-4-10(15)5-3-9/h2-7H,15H2,1H3,(H,16,19). The highest BCUT2D eigenvalue weighted by Crippen LogP contribution is 2.20. The van der Waals surface area contributed by atoms with Crippen molar-refractivity contribution >= 4 is 5.69 Å². The average molecular weight is 268 g/mol. The zero-order valence-electron chi connectivity index (χ0n) is 10.8. The summed E-state index contributed by atoms with van der Waals surface area (Å²) in [4.78, 5) is 19.1. The van der Waals surface area contributed by atoms with E-state index in [1.165, 1.54) is 6.07 Å². The van der Waals surface area contributed by atoms with Crippen LogP contribution in [0.3, 0.4) is 0 Å². The number of pyridine rings is 1. The molecule has 3 rings (SSSR count). The summed E-state index contributed by atoms with van der Waals surface area (Å²) in [6.07, 6.45) is 1.57. The summed E-state index contributed by atoms with van der Waals surface area (Å²) in [5.74, 6) is 0.609. The van der Waals surface area contributed by atoms with Crippen molar-refractivity contribution in [3.05, 3.63) is 52.4 Å². The van der Waals surface area contributed by atoms with Crippen LogP contribution in [-0.2, 0) is 0 Å². The zero-order chi connectivity index (χ0) is 14.1. The van der Waals surface area contributed by atoms with Crippen LogP contribution >= 0.6 is 0 Å². The van der Waals surface area contributed by atoms with Crippen molar-refractivity contribution < 1.29 is 4.52 Å². The first-order chi connectivity index (χ1) is 9.63. The van der Waals surface area contributed by atoms with E-state index >= 15 is 0 Å². The van der Waals surface area contributed by atoms with Gasteiger partial charge in [-0.05, 0) is 31.2 Å². The third-order valence-corrected chi connectivity index (χ3v) is 2.88. The van der Waals surface area contributed by atoms with E-state index in [-0.39, 0.29) is 11.3 Å². The van der Waals surface area contributed by atoms with Crippen LogP contribution in [0.4, 0.5) is 5.69 Å². The first-order valence-corrected chi connectivity index (χ1v) is 6.03. The van der Waals surface area contributed by atoms with Crippen molar-refractivity contribution in [2.45, 2.75) is 6.92 Å². The first kappa shape index (κ1) is 12.2. The maximum Gasteiger partial charge on any atom is 0.263 e. The first-order valence-electron chi connectivity index (χ1n) is 6.03. The Bertz CT molecular complexity index is 803. The minimum absolute atomic E-state index is 0.159. The van der Waals surface area contributed by atoms with E-state index in [1.54, 1.807) is 37.4 Å². The van der Waals surface area contributed by atoms with E-state index < -0.39 is 0 Å². The van der Waals surface area contributed by atoms with Crippen LogP contribution in [0.2, 0.25) is 0 Å². The molecule has 20 heavy (non-hydrogen) atoms. The van der Waals surface area contributed by atoms with Crippen molar-refractivity contribution in [1.29, 1.82) is 0 Å². The summed E-state index contributed by atoms with van der Waals surface area (Å²) < 4.78 is 5.14. The maximum absolute atomic E-state index is 11.9. The lowest BCUT2D eigenvalue weighted by Crippen LogP contribution is -2.05. The molecule has 0 aliphatic carbocycles. The fourth-order valence-electron chi connectivity index (χ4n) is 1.82. The van der Waals surface area contributed by atoms with Gasteiger partial charge in [0, 0.05) is 29.2 Å². The Hall–Kier alpha value is -2.89. The number of aromatic amines is 1. The van der Waals surface area contributed by atoms with Crippen LogP contribution in [0, 0.1) is 6.92 Å². The van der Waals surface area contributed by atoms with Crippen LogP contribution < -0.4 is 11.2 Å². The lowest BCUT2D eigenvalue weighted by molar-refractivity contribution is 0.432. The van der Waals surface area contributed by atoms with E-state index in [0.717, 1.165) is 11.3 Å². The molecule has 0 unspecified atom stereocenters. The smallest absolute Gasteiger partial charge is 0.263 e. The summed E-state index contributed by atoms with van der Waals surface area (Å²) in [6, 6.07) is 8.59. The molecule has 6 heteroatoms. The molecule has 0 spiro atoms. The monoisotopic (exact) mass is 268 g/mol. The Kier molecular flexibility index (Phi) is 2.83. The maximum atomic E-state index is 11.9. The SMILES string of the molecule is Cc1cc(=O)c(-c2nc(-c3ccc(N)cc3)no2)c[nH]1. The number of aryl methyl sites for hydroxylation is 1. The van der Waals surface area contributed by atoms with Crippen molar-refractivity contribution in [3.63, 3.8) is 0 Å². The molecule has 2 aromatic heterocycles. The Morgan fingerprint density at radius 3 is 2.70 bits per heavy atom. The molecule has 0 radical (unpaired) electrons. The number of nitrogens with two attached hydrogens (primary N) is 1. The Morgan fingerprint density at radius 2 is 2.00 bits per heavy atom. The van der Waals surface area contributed by atoms with E-state index in [0.29, 0.717) is 17.1 Å². The van der Waals surface area contributed by atoms with Gasteiger partial charge in [-0.2, -0.15) is 4.98 Å². The second-order valence-corrected chi connectivity index (χ2v) is 4.44. The van der Waals surface area contributed by atoms with Crippen LogP contribution in [0.15, 0.2) is 45.8 Å². The van der Waals surface area contributed by atoms with Gasteiger partial charge in [-0.15, -0.1) is 0 Å². The minimum atomic E-state index is -0.159. The number of anilines is 1. The number of benzene rings is 1. The summed E-state index contributed by atoms with van der Waals surface area (Å²) in [7, 11) is 0. The van der Waals surface area contributed by atoms with Gasteiger partial charge < -0.3 is 15.2 Å². The van der Waals surface area contributed by atoms with Crippen molar-refractivity contribution in [1.82, 2.24) is 15.1 Å². The van der Waals surface area contributed by atoms with Gasteiger partial charge in [0.05, 0.1) is 0 Å². The molecule has 1 aromatic carbocycles. The molecule has 3 aromatic rings. The van der Waals surface area contributed by atoms with Crippen LogP contribution in [0.5, 0.6) is 0 Å². The van der Waals surface area contributed by atoms with Gasteiger partial charge in [0.15, 0.2) is 5.43 Å². The second-order valence-electron chi connectivity index (χ2n) is 4.44. The predicted octanol–water partition coefficient (Wildman–Crippen LogP) is 1.98. The molecule has 0 bridgehead atoms. The largest absolute Gasteiger partial charge is 0.399 e. The van der Waals surface area contributed by atoms with Gasteiger partial charge in [0.25, 0.3) is 5.89 Å². The van der Waals surface area contributed by atoms with Gasteiger partial charge in [0.2, 0.25) is 5.82 Å². The summed E-state index contributed by atoms with van der Waals surface area (Å²) in [5.41, 5.74) is 8.03. The number of nitrogens with zero attached hydrogens (tertiary/aromatic N) is 2. The molecular formula is C14H12N4O2.